The zero-order chi connectivity index (χ0) is 17.1. The number of hydrogen-bond acceptors (Lipinski definition) is 4. The molecule has 0 amide bonds. The minimum absolute atomic E-state index is 0. The van der Waals surface area contributed by atoms with Crippen LogP contribution >= 0.6 is 49.7 Å². The van der Waals surface area contributed by atoms with Gasteiger partial charge in [-0.1, -0.05) is 51.1 Å². The van der Waals surface area contributed by atoms with E-state index >= 15 is 0 Å². The van der Waals surface area contributed by atoms with Crippen LogP contribution in [0.15, 0.2) is 0 Å². The summed E-state index contributed by atoms with van der Waals surface area (Å²) in [7, 11) is 0. The smallest absolute Gasteiger partial charge is 0.389 e. The average molecular weight is 424 g/mol. The largest absolute Gasteiger partial charge is 1.00 e. The predicted octanol–water partition coefficient (Wildman–Crippen LogP) is -0.654. The second kappa shape index (κ2) is 16.2. The molecule has 0 rings (SSSR count). The number of thiol groups is 2. The van der Waals surface area contributed by atoms with Crippen LogP contribution in [0.25, 0.3) is 0 Å². The van der Waals surface area contributed by atoms with Crippen molar-refractivity contribution in [3.8, 4) is 0 Å². The van der Waals surface area contributed by atoms with E-state index in [4.69, 9.17) is 24.4 Å². The zero-order valence-electron chi connectivity index (χ0n) is 14.3. The minimum Gasteiger partial charge on any atom is -0.389 e. The molecule has 23 heavy (non-hydrogen) atoms. The van der Waals surface area contributed by atoms with Crippen molar-refractivity contribution in [1.29, 1.82) is 0 Å². The Hall–Kier alpha value is 2.04. The third kappa shape index (κ3) is 12.9. The third-order valence-corrected chi connectivity index (χ3v) is 4.45. The van der Waals surface area contributed by atoms with Crippen molar-refractivity contribution in [2.45, 2.75) is 51.7 Å². The summed E-state index contributed by atoms with van der Waals surface area (Å²) in [4.78, 5) is 3.62. The van der Waals surface area contributed by atoms with Crippen LogP contribution < -0.4 is 51.4 Å². The number of unbranched alkanes of at least 4 members (excludes halogenated alkanes) is 2. The van der Waals surface area contributed by atoms with Gasteiger partial charge in [0.25, 0.3) is 0 Å². The van der Waals surface area contributed by atoms with Crippen molar-refractivity contribution < 1.29 is 61.6 Å². The van der Waals surface area contributed by atoms with Gasteiger partial charge in [0.2, 0.25) is 0 Å². The minimum atomic E-state index is -0.909. The summed E-state index contributed by atoms with van der Waals surface area (Å²) in [6, 6.07) is 0. The maximum absolute atomic E-state index is 10.2. The van der Waals surface area contributed by atoms with Gasteiger partial charge in [0.15, 0.2) is 0 Å². The van der Waals surface area contributed by atoms with Gasteiger partial charge in [0.05, 0.1) is 12.2 Å². The summed E-state index contributed by atoms with van der Waals surface area (Å²) in [6.07, 6.45) is 2.18. The molecule has 0 aromatic rings. The van der Waals surface area contributed by atoms with Gasteiger partial charge in [-0.3, -0.25) is 0 Å². The van der Waals surface area contributed by atoms with E-state index in [-0.39, 0.29) is 64.5 Å². The Balaban J connectivity index is 0. The zero-order valence-corrected chi connectivity index (χ0v) is 20.9. The van der Waals surface area contributed by atoms with Gasteiger partial charge >= 0.3 is 51.4 Å². The molecule has 0 heterocycles. The molecule has 2 unspecified atom stereocenters. The topological polar surface area (TPSA) is 46.9 Å². The molecule has 0 fully saturated rings. The first kappa shape index (κ1) is 27.3. The summed E-state index contributed by atoms with van der Waals surface area (Å²) in [5, 5.41) is 20.4. The van der Waals surface area contributed by atoms with Gasteiger partial charge in [-0.05, 0) is 12.8 Å². The predicted molar refractivity (Wildman–Crippen MR) is 108 cm³/mol. The van der Waals surface area contributed by atoms with Gasteiger partial charge < -0.3 is 20.0 Å². The van der Waals surface area contributed by atoms with Gasteiger partial charge in [-0.25, -0.2) is 0 Å². The number of nitrogens with zero attached hydrogens (tertiary/aromatic N) is 2. The van der Waals surface area contributed by atoms with Gasteiger partial charge in [0.1, 0.15) is 8.64 Å². The quantitative estimate of drug-likeness (QED) is 0.201. The van der Waals surface area contributed by atoms with Crippen molar-refractivity contribution in [1.82, 2.24) is 9.80 Å². The van der Waals surface area contributed by atoms with E-state index < -0.39 is 12.2 Å². The fourth-order valence-electron chi connectivity index (χ4n) is 1.92. The summed E-state index contributed by atoms with van der Waals surface area (Å²) in [5.74, 6) is 0. The second-order valence-electron chi connectivity index (χ2n) is 5.30. The van der Waals surface area contributed by atoms with Crippen LogP contribution in [0.5, 0.6) is 0 Å². The first-order valence-electron chi connectivity index (χ1n) is 7.65. The van der Waals surface area contributed by atoms with Crippen LogP contribution in [0.1, 0.15) is 39.5 Å². The molecule has 0 aliphatic heterocycles. The van der Waals surface area contributed by atoms with E-state index in [0.717, 1.165) is 38.8 Å². The number of thiocarbonyl (C=S) groups is 2. The molecule has 0 saturated heterocycles. The summed E-state index contributed by atoms with van der Waals surface area (Å²) in [6.45, 7) is 6.17. The Morgan fingerprint density at radius 3 is 1.39 bits per heavy atom. The normalized spacial score (nSPS) is 13.0. The van der Waals surface area contributed by atoms with E-state index in [9.17, 15) is 10.2 Å². The maximum atomic E-state index is 10.2. The Labute approximate surface area is 205 Å². The molecule has 9 heteroatoms. The number of aliphatic hydroxyl groups is 2. The van der Waals surface area contributed by atoms with Gasteiger partial charge in [-0.2, -0.15) is 0 Å². The standard InChI is InChI=1S/C14H28N2O2S4.K/c1-3-5-7-15(13(19)20)9-11(17)12(18)10-16(14(21)22)8-6-4-2;/h11-12,17-18H,3-10H2,1-2H3,(H,19,20)(H,21,22);/q;+1. The molecule has 2 atom stereocenters. The van der Waals surface area contributed by atoms with Crippen molar-refractivity contribution in [3.63, 3.8) is 0 Å². The van der Waals surface area contributed by atoms with Crippen LogP contribution in [0.2, 0.25) is 0 Å². The summed E-state index contributed by atoms with van der Waals surface area (Å²) >= 11 is 18.5. The fourth-order valence-corrected chi connectivity index (χ4v) is 2.62. The molecule has 0 aromatic carbocycles. The Kier molecular flexibility index (Phi) is 19.2. The molecule has 0 spiro atoms. The summed E-state index contributed by atoms with van der Waals surface area (Å²) < 4.78 is 0.875. The third-order valence-electron chi connectivity index (χ3n) is 3.36. The number of rotatable bonds is 11. The van der Waals surface area contributed by atoms with Crippen LogP contribution in [-0.2, 0) is 0 Å². The number of hydrogen-bond donors (Lipinski definition) is 4. The molecule has 0 aliphatic rings. The number of aliphatic hydroxyl groups excluding tert-OH is 2. The van der Waals surface area contributed by atoms with E-state index in [2.05, 4.69) is 39.1 Å². The molecule has 0 aliphatic carbocycles. The average Bonchev–Trinajstić information content (AvgIpc) is 2.46. The van der Waals surface area contributed by atoms with Gasteiger partial charge in [-0.15, -0.1) is 25.3 Å². The van der Waals surface area contributed by atoms with E-state index in [1.165, 1.54) is 0 Å². The molecule has 0 saturated carbocycles. The van der Waals surface area contributed by atoms with Crippen molar-refractivity contribution >= 4 is 58.3 Å². The van der Waals surface area contributed by atoms with E-state index in [1.807, 2.05) is 9.80 Å². The Morgan fingerprint density at radius 2 is 1.17 bits per heavy atom. The molecule has 4 nitrogen and oxygen atoms in total. The second-order valence-corrected chi connectivity index (χ2v) is 7.52. The summed E-state index contributed by atoms with van der Waals surface area (Å²) in [5.41, 5.74) is 0. The fraction of sp³-hybridized carbons (Fsp3) is 0.857. The SMILES string of the molecule is CCCCN(CC(O)C(O)CN(CCCC)C(=S)S)C(=S)S.[K+]. The molecule has 130 valence electrons. The monoisotopic (exact) mass is 423 g/mol. The molecule has 2 N–H and O–H groups in total. The Bertz CT molecular complexity index is 319. The van der Waals surface area contributed by atoms with Crippen LogP contribution in [0, 0.1) is 0 Å². The first-order valence-corrected chi connectivity index (χ1v) is 9.36. The van der Waals surface area contributed by atoms with Crippen molar-refractivity contribution in [2.24, 2.45) is 0 Å². The molecular weight excluding hydrogens is 396 g/mol. The van der Waals surface area contributed by atoms with E-state index in [1.54, 1.807) is 0 Å². The van der Waals surface area contributed by atoms with Crippen molar-refractivity contribution in [3.05, 3.63) is 0 Å². The van der Waals surface area contributed by atoms with Gasteiger partial charge in [0, 0.05) is 26.2 Å². The molecular formula is C14H28KN2O2S4+. The molecule has 0 radical (unpaired) electrons. The first-order chi connectivity index (χ1) is 10.3. The molecule has 0 bridgehead atoms. The van der Waals surface area contributed by atoms with Crippen LogP contribution in [-0.4, -0.2) is 67.0 Å². The van der Waals surface area contributed by atoms with Crippen LogP contribution in [0.3, 0.4) is 0 Å². The van der Waals surface area contributed by atoms with E-state index in [0.29, 0.717) is 8.64 Å². The molecule has 0 aromatic heterocycles. The van der Waals surface area contributed by atoms with Crippen LogP contribution in [0.4, 0.5) is 0 Å². The van der Waals surface area contributed by atoms with Crippen molar-refractivity contribution in [2.75, 3.05) is 26.2 Å². The maximum Gasteiger partial charge on any atom is 1.00 e. The Morgan fingerprint density at radius 1 is 0.870 bits per heavy atom.